The van der Waals surface area contributed by atoms with Gasteiger partial charge in [-0.25, -0.2) is 0 Å². The lowest BCUT2D eigenvalue weighted by Gasteiger charge is -2.28. The number of aromatic nitrogens is 1. The smallest absolute Gasteiger partial charge is 0.0547 e. The van der Waals surface area contributed by atoms with Crippen molar-refractivity contribution in [3.63, 3.8) is 0 Å². The third kappa shape index (κ3) is 4.75. The lowest BCUT2D eigenvalue weighted by atomic mass is 9.82. The fourth-order valence-corrected chi connectivity index (χ4v) is 11.5. The van der Waals surface area contributed by atoms with E-state index in [0.29, 0.717) is 0 Å². The van der Waals surface area contributed by atoms with Gasteiger partial charge in [0.2, 0.25) is 0 Å². The van der Waals surface area contributed by atoms with E-state index < -0.39 is 0 Å². The van der Waals surface area contributed by atoms with Gasteiger partial charge in [0.1, 0.15) is 0 Å². The average Bonchev–Trinajstić information content (AvgIpc) is 3.84. The Kier molecular flexibility index (Phi) is 7.16. The highest BCUT2D eigenvalue weighted by molar-refractivity contribution is 6.29. The van der Waals surface area contributed by atoms with E-state index >= 15 is 0 Å². The summed E-state index contributed by atoms with van der Waals surface area (Å²) in [6, 6.07) is 72.8. The monoisotopic (exact) mass is 792 g/mol. The topological polar surface area (TPSA) is 8.17 Å². The van der Waals surface area contributed by atoms with Gasteiger partial charge in [-0.3, -0.25) is 0 Å². The number of anilines is 3. The molecule has 0 fully saturated rings. The molecule has 1 aromatic heterocycles. The van der Waals surface area contributed by atoms with Crippen LogP contribution in [0.25, 0.3) is 82.1 Å². The van der Waals surface area contributed by atoms with Crippen molar-refractivity contribution in [2.24, 2.45) is 0 Å². The molecule has 10 aromatic carbocycles. The molecule has 2 aliphatic rings. The number of hydrogen-bond donors (Lipinski definition) is 0. The molecule has 0 N–H and O–H groups in total. The van der Waals surface area contributed by atoms with Crippen molar-refractivity contribution in [1.29, 1.82) is 0 Å². The Morgan fingerprint density at radius 3 is 1.40 bits per heavy atom. The van der Waals surface area contributed by atoms with E-state index in [-0.39, 0.29) is 10.8 Å². The van der Waals surface area contributed by atoms with Crippen LogP contribution in [0.2, 0.25) is 0 Å². The van der Waals surface area contributed by atoms with Gasteiger partial charge in [0.15, 0.2) is 0 Å². The molecule has 0 amide bonds. The Morgan fingerprint density at radius 1 is 0.306 bits per heavy atom. The van der Waals surface area contributed by atoms with Crippen molar-refractivity contribution < 1.29 is 0 Å². The molecule has 13 rings (SSSR count). The first-order valence-corrected chi connectivity index (χ1v) is 21.9. The van der Waals surface area contributed by atoms with Crippen LogP contribution in [-0.2, 0) is 10.8 Å². The summed E-state index contributed by atoms with van der Waals surface area (Å²) in [6.45, 7) is 9.49. The predicted octanol–water partition coefficient (Wildman–Crippen LogP) is 16.3. The number of benzene rings is 10. The zero-order chi connectivity index (χ0) is 41.5. The molecule has 2 aliphatic carbocycles. The maximum absolute atomic E-state index is 2.53. The second-order valence-corrected chi connectivity index (χ2v) is 18.5. The summed E-state index contributed by atoms with van der Waals surface area (Å²) in [4.78, 5) is 2.41. The number of fused-ring (bicyclic) bond motifs is 15. The first kappa shape index (κ1) is 35.3. The summed E-state index contributed by atoms with van der Waals surface area (Å²) >= 11 is 0. The summed E-state index contributed by atoms with van der Waals surface area (Å²) in [6.07, 6.45) is 0. The van der Waals surface area contributed by atoms with Crippen molar-refractivity contribution >= 4 is 71.2 Å². The summed E-state index contributed by atoms with van der Waals surface area (Å²) in [5.74, 6) is 0. The third-order valence-electron chi connectivity index (χ3n) is 14.5. The highest BCUT2D eigenvalue weighted by atomic mass is 15.1. The lowest BCUT2D eigenvalue weighted by molar-refractivity contribution is 0.660. The molecule has 294 valence electrons. The van der Waals surface area contributed by atoms with Crippen LogP contribution in [0.1, 0.15) is 49.9 Å². The number of para-hydroxylation sites is 1. The number of hydrogen-bond acceptors (Lipinski definition) is 1. The standard InChI is InChI=1S/C60H44N2/c1-59(2)53-24-14-12-22-45(53)47-31-30-40(32-55(47)59)61(37-16-6-5-7-17-37)38-26-28-39(29-27-38)62-57-35-49-44-21-11-9-19-42(44)41-18-8-10-20-43(41)48(49)33-51(57)52-34-50-46-23-13-15-25-54(46)60(3,4)56(50)36-58(52)62/h5-36H,1-4H3. The molecular formula is C60H44N2. The minimum absolute atomic E-state index is 0.0947. The minimum Gasteiger partial charge on any atom is -0.310 e. The second-order valence-electron chi connectivity index (χ2n) is 18.5. The molecule has 0 saturated carbocycles. The average molecular weight is 793 g/mol. The van der Waals surface area contributed by atoms with E-state index in [9.17, 15) is 0 Å². The van der Waals surface area contributed by atoms with E-state index in [2.05, 4.69) is 231 Å². The zero-order valence-corrected chi connectivity index (χ0v) is 35.4. The molecular weight excluding hydrogens is 749 g/mol. The fraction of sp³-hybridized carbons (Fsp3) is 0.100. The highest BCUT2D eigenvalue weighted by Gasteiger charge is 2.37. The van der Waals surface area contributed by atoms with Crippen LogP contribution < -0.4 is 4.90 Å². The van der Waals surface area contributed by atoms with Crippen molar-refractivity contribution in [2.45, 2.75) is 38.5 Å². The van der Waals surface area contributed by atoms with Crippen LogP contribution >= 0.6 is 0 Å². The first-order chi connectivity index (χ1) is 30.3. The van der Waals surface area contributed by atoms with Crippen LogP contribution in [0.15, 0.2) is 194 Å². The summed E-state index contributed by atoms with van der Waals surface area (Å²) in [5, 5.41) is 10.3. The molecule has 0 unspecified atom stereocenters. The van der Waals surface area contributed by atoms with E-state index in [0.717, 1.165) is 22.7 Å². The molecule has 0 bridgehead atoms. The van der Waals surface area contributed by atoms with Crippen LogP contribution in [0.5, 0.6) is 0 Å². The van der Waals surface area contributed by atoms with Gasteiger partial charge in [0.25, 0.3) is 0 Å². The molecule has 2 nitrogen and oxygen atoms in total. The fourth-order valence-electron chi connectivity index (χ4n) is 11.5. The first-order valence-electron chi connectivity index (χ1n) is 21.9. The molecule has 0 aliphatic heterocycles. The van der Waals surface area contributed by atoms with Gasteiger partial charge < -0.3 is 9.47 Å². The van der Waals surface area contributed by atoms with Crippen molar-refractivity contribution in [3.8, 4) is 27.9 Å². The van der Waals surface area contributed by atoms with Crippen LogP contribution in [0.4, 0.5) is 17.1 Å². The van der Waals surface area contributed by atoms with E-state index in [1.165, 1.54) is 98.6 Å². The predicted molar refractivity (Wildman–Crippen MR) is 263 cm³/mol. The Bertz CT molecular complexity index is 3680. The van der Waals surface area contributed by atoms with Gasteiger partial charge in [0, 0.05) is 44.4 Å². The van der Waals surface area contributed by atoms with E-state index in [1.807, 2.05) is 0 Å². The maximum atomic E-state index is 2.53. The quantitative estimate of drug-likeness (QED) is 0.161. The number of nitrogens with zero attached hydrogens (tertiary/aromatic N) is 2. The third-order valence-corrected chi connectivity index (χ3v) is 14.5. The van der Waals surface area contributed by atoms with Gasteiger partial charge in [-0.1, -0.05) is 149 Å². The summed E-state index contributed by atoms with van der Waals surface area (Å²) in [5.41, 5.74) is 17.7. The lowest BCUT2D eigenvalue weighted by Crippen LogP contribution is -2.16. The van der Waals surface area contributed by atoms with Crippen LogP contribution in [0, 0.1) is 0 Å². The SMILES string of the molecule is CC1(C)c2ccccc2-c2ccc(N(c3ccccc3)c3ccc(-n4c5cc6c(cc5c5cc7c8ccccc8c8ccccc8c7cc54)-c4ccccc4C6(C)C)cc3)cc21. The Balaban J connectivity index is 1.05. The molecule has 0 radical (unpaired) electrons. The van der Waals surface area contributed by atoms with Crippen LogP contribution in [-0.4, -0.2) is 4.57 Å². The Labute approximate surface area is 361 Å². The van der Waals surface area contributed by atoms with Gasteiger partial charge in [-0.15, -0.1) is 0 Å². The molecule has 0 atom stereocenters. The molecule has 62 heavy (non-hydrogen) atoms. The van der Waals surface area contributed by atoms with Gasteiger partial charge in [-0.05, 0) is 150 Å². The molecule has 0 saturated heterocycles. The molecule has 1 heterocycles. The van der Waals surface area contributed by atoms with Crippen molar-refractivity contribution in [1.82, 2.24) is 4.57 Å². The highest BCUT2D eigenvalue weighted by Crippen LogP contribution is 2.53. The van der Waals surface area contributed by atoms with E-state index in [1.54, 1.807) is 0 Å². The molecule has 0 spiro atoms. The minimum atomic E-state index is -0.121. The number of rotatable bonds is 4. The van der Waals surface area contributed by atoms with E-state index in [4.69, 9.17) is 0 Å². The van der Waals surface area contributed by atoms with Gasteiger partial charge in [-0.2, -0.15) is 0 Å². The normalized spacial score (nSPS) is 14.4. The zero-order valence-electron chi connectivity index (χ0n) is 35.4. The van der Waals surface area contributed by atoms with Gasteiger partial charge >= 0.3 is 0 Å². The summed E-state index contributed by atoms with van der Waals surface area (Å²) in [7, 11) is 0. The second kappa shape index (κ2) is 12.6. The summed E-state index contributed by atoms with van der Waals surface area (Å²) < 4.78 is 2.53. The largest absolute Gasteiger partial charge is 0.310 e. The van der Waals surface area contributed by atoms with Crippen LogP contribution in [0.3, 0.4) is 0 Å². The molecule has 11 aromatic rings. The molecule has 2 heteroatoms. The van der Waals surface area contributed by atoms with Crippen molar-refractivity contribution in [3.05, 3.63) is 216 Å². The van der Waals surface area contributed by atoms with Gasteiger partial charge in [0.05, 0.1) is 11.0 Å². The maximum Gasteiger partial charge on any atom is 0.0547 e. The Morgan fingerprint density at radius 2 is 0.758 bits per heavy atom. The Hall–Kier alpha value is -7.42. The van der Waals surface area contributed by atoms with Crippen molar-refractivity contribution in [2.75, 3.05) is 4.90 Å².